The van der Waals surface area contributed by atoms with Gasteiger partial charge in [-0.3, -0.25) is 4.79 Å². The monoisotopic (exact) mass is 256 g/mol. The van der Waals surface area contributed by atoms with Gasteiger partial charge in [0.2, 0.25) is 0 Å². The van der Waals surface area contributed by atoms with Crippen LogP contribution in [0.5, 0.6) is 5.75 Å². The fourth-order valence-corrected chi connectivity index (χ4v) is 1.84. The molecule has 19 heavy (non-hydrogen) atoms. The molecule has 0 aliphatic carbocycles. The summed E-state index contributed by atoms with van der Waals surface area (Å²) in [7, 11) is 0. The average molecular weight is 256 g/mol. The second kappa shape index (κ2) is 4.94. The number of hydrogen-bond acceptors (Lipinski definition) is 3. The summed E-state index contributed by atoms with van der Waals surface area (Å²) in [5.74, 6) is -1.83. The van der Waals surface area contributed by atoms with Crippen molar-refractivity contribution in [2.45, 2.75) is 6.92 Å². The van der Waals surface area contributed by atoms with E-state index in [9.17, 15) is 14.7 Å². The minimum absolute atomic E-state index is 0.0656. The molecule has 0 amide bonds. The number of carbonyl (C=O) groups is 2. The highest BCUT2D eigenvalue weighted by Gasteiger charge is 2.19. The minimum Gasteiger partial charge on any atom is -0.507 e. The van der Waals surface area contributed by atoms with E-state index in [4.69, 9.17) is 5.11 Å². The molecule has 2 rings (SSSR count). The van der Waals surface area contributed by atoms with Crippen molar-refractivity contribution in [3.8, 4) is 5.75 Å². The van der Waals surface area contributed by atoms with Crippen molar-refractivity contribution in [2.75, 3.05) is 0 Å². The van der Waals surface area contributed by atoms with E-state index in [2.05, 4.69) is 0 Å². The Hall–Kier alpha value is -2.62. The maximum Gasteiger partial charge on any atom is 0.336 e. The van der Waals surface area contributed by atoms with E-state index >= 15 is 0 Å². The molecule has 96 valence electrons. The van der Waals surface area contributed by atoms with Gasteiger partial charge in [0.05, 0.1) is 11.1 Å². The van der Waals surface area contributed by atoms with E-state index in [0.29, 0.717) is 0 Å². The zero-order valence-electron chi connectivity index (χ0n) is 10.3. The van der Waals surface area contributed by atoms with Crippen molar-refractivity contribution in [3.63, 3.8) is 0 Å². The molecule has 0 saturated carbocycles. The van der Waals surface area contributed by atoms with E-state index in [1.54, 1.807) is 25.1 Å². The molecule has 0 unspecified atom stereocenters. The largest absolute Gasteiger partial charge is 0.507 e. The van der Waals surface area contributed by atoms with E-state index in [1.807, 2.05) is 0 Å². The van der Waals surface area contributed by atoms with Crippen LogP contribution in [0, 0.1) is 6.92 Å². The van der Waals surface area contributed by atoms with Gasteiger partial charge in [0.25, 0.3) is 0 Å². The van der Waals surface area contributed by atoms with Gasteiger partial charge in [-0.2, -0.15) is 0 Å². The SMILES string of the molecule is Cc1ccc(O)c(C(=O)c2ccccc2C(=O)O)c1. The predicted octanol–water partition coefficient (Wildman–Crippen LogP) is 2.63. The van der Waals surface area contributed by atoms with Crippen LogP contribution in [0.1, 0.15) is 31.8 Å². The summed E-state index contributed by atoms with van der Waals surface area (Å²) in [6, 6.07) is 10.6. The highest BCUT2D eigenvalue weighted by Crippen LogP contribution is 2.23. The van der Waals surface area contributed by atoms with Crippen molar-refractivity contribution in [1.82, 2.24) is 0 Å². The maximum absolute atomic E-state index is 12.3. The topological polar surface area (TPSA) is 74.6 Å². The lowest BCUT2D eigenvalue weighted by Gasteiger charge is -2.07. The minimum atomic E-state index is -1.17. The molecular formula is C15H12O4. The molecule has 0 spiro atoms. The molecule has 0 aliphatic rings. The van der Waals surface area contributed by atoms with Crippen LogP contribution in [0.2, 0.25) is 0 Å². The lowest BCUT2D eigenvalue weighted by atomic mass is 9.97. The number of ketones is 1. The van der Waals surface area contributed by atoms with Crippen LogP contribution in [0.4, 0.5) is 0 Å². The van der Waals surface area contributed by atoms with Gasteiger partial charge in [-0.1, -0.05) is 29.8 Å². The number of hydrogen-bond donors (Lipinski definition) is 2. The number of carbonyl (C=O) groups excluding carboxylic acids is 1. The van der Waals surface area contributed by atoms with Gasteiger partial charge in [0, 0.05) is 5.56 Å². The van der Waals surface area contributed by atoms with Crippen LogP contribution in [0.25, 0.3) is 0 Å². The summed E-state index contributed by atoms with van der Waals surface area (Å²) in [4.78, 5) is 23.4. The maximum atomic E-state index is 12.3. The van der Waals surface area contributed by atoms with Crippen molar-refractivity contribution in [2.24, 2.45) is 0 Å². The lowest BCUT2D eigenvalue weighted by Crippen LogP contribution is -2.09. The van der Waals surface area contributed by atoms with Crippen molar-refractivity contribution >= 4 is 11.8 Å². The molecule has 4 heteroatoms. The van der Waals surface area contributed by atoms with E-state index in [-0.39, 0.29) is 22.4 Å². The third-order valence-electron chi connectivity index (χ3n) is 2.80. The van der Waals surface area contributed by atoms with Gasteiger partial charge in [-0.05, 0) is 25.1 Å². The van der Waals surface area contributed by atoms with Crippen molar-refractivity contribution in [3.05, 3.63) is 64.7 Å². The number of benzene rings is 2. The molecular weight excluding hydrogens is 244 g/mol. The second-order valence-electron chi connectivity index (χ2n) is 4.20. The summed E-state index contributed by atoms with van der Waals surface area (Å²) in [6.07, 6.45) is 0. The van der Waals surface area contributed by atoms with Gasteiger partial charge in [0.1, 0.15) is 5.75 Å². The van der Waals surface area contributed by atoms with Gasteiger partial charge in [0.15, 0.2) is 5.78 Å². The third kappa shape index (κ3) is 2.47. The number of phenolic OH excluding ortho intramolecular Hbond substituents is 1. The Morgan fingerprint density at radius 3 is 2.21 bits per heavy atom. The third-order valence-corrected chi connectivity index (χ3v) is 2.80. The van der Waals surface area contributed by atoms with Crippen molar-refractivity contribution in [1.29, 1.82) is 0 Å². The Kier molecular flexibility index (Phi) is 3.33. The predicted molar refractivity (Wildman–Crippen MR) is 69.7 cm³/mol. The fourth-order valence-electron chi connectivity index (χ4n) is 1.84. The molecule has 2 aromatic carbocycles. The van der Waals surface area contributed by atoms with E-state index in [1.165, 1.54) is 24.3 Å². The van der Waals surface area contributed by atoms with Crippen LogP contribution in [-0.4, -0.2) is 22.0 Å². The van der Waals surface area contributed by atoms with Crippen molar-refractivity contribution < 1.29 is 19.8 Å². The average Bonchev–Trinajstić information content (AvgIpc) is 2.40. The first kappa shape index (κ1) is 12.8. The van der Waals surface area contributed by atoms with E-state index in [0.717, 1.165) is 5.56 Å². The number of aromatic carboxylic acids is 1. The first-order valence-electron chi connectivity index (χ1n) is 5.67. The van der Waals surface area contributed by atoms with Crippen LogP contribution in [-0.2, 0) is 0 Å². The summed E-state index contributed by atoms with van der Waals surface area (Å²) in [5.41, 5.74) is 0.909. The van der Waals surface area contributed by atoms with Crippen LogP contribution < -0.4 is 0 Å². The summed E-state index contributed by atoms with van der Waals surface area (Å²) >= 11 is 0. The Morgan fingerprint density at radius 1 is 0.947 bits per heavy atom. The Morgan fingerprint density at radius 2 is 1.58 bits per heavy atom. The number of aromatic hydroxyl groups is 1. The molecule has 0 heterocycles. The normalized spacial score (nSPS) is 10.2. The second-order valence-corrected chi connectivity index (χ2v) is 4.20. The highest BCUT2D eigenvalue weighted by molar-refractivity contribution is 6.15. The molecule has 0 bridgehead atoms. The Bertz CT molecular complexity index is 659. The molecule has 2 N–H and O–H groups in total. The first-order valence-corrected chi connectivity index (χ1v) is 5.67. The number of carboxylic acid groups (broad SMARTS) is 1. The number of phenols is 1. The summed E-state index contributed by atoms with van der Waals surface area (Å²) in [5, 5.41) is 18.8. The first-order chi connectivity index (χ1) is 9.00. The number of aryl methyl sites for hydroxylation is 1. The van der Waals surface area contributed by atoms with Crippen LogP contribution in [0.3, 0.4) is 0 Å². The molecule has 0 atom stereocenters. The summed E-state index contributed by atoms with van der Waals surface area (Å²) < 4.78 is 0. The number of rotatable bonds is 3. The molecule has 0 radical (unpaired) electrons. The molecule has 4 nitrogen and oxygen atoms in total. The number of carboxylic acids is 1. The molecule has 0 saturated heterocycles. The van der Waals surface area contributed by atoms with Crippen LogP contribution in [0.15, 0.2) is 42.5 Å². The fraction of sp³-hybridized carbons (Fsp3) is 0.0667. The standard InChI is InChI=1S/C15H12O4/c1-9-6-7-13(16)12(8-9)14(17)10-4-2-3-5-11(10)15(18)19/h2-8,16H,1H3,(H,18,19). The molecule has 0 aliphatic heterocycles. The Balaban J connectivity index is 2.56. The van der Waals surface area contributed by atoms with Gasteiger partial charge >= 0.3 is 5.97 Å². The zero-order chi connectivity index (χ0) is 14.0. The molecule has 0 fully saturated rings. The zero-order valence-corrected chi connectivity index (χ0v) is 10.3. The summed E-state index contributed by atoms with van der Waals surface area (Å²) in [6.45, 7) is 1.79. The van der Waals surface area contributed by atoms with Gasteiger partial charge < -0.3 is 10.2 Å². The quantitative estimate of drug-likeness (QED) is 0.828. The Labute approximate surface area is 109 Å². The highest BCUT2D eigenvalue weighted by atomic mass is 16.4. The smallest absolute Gasteiger partial charge is 0.336 e. The molecule has 2 aromatic rings. The van der Waals surface area contributed by atoms with E-state index < -0.39 is 11.8 Å². The lowest BCUT2D eigenvalue weighted by molar-refractivity contribution is 0.0692. The van der Waals surface area contributed by atoms with Crippen LogP contribution >= 0.6 is 0 Å². The van der Waals surface area contributed by atoms with Gasteiger partial charge in [-0.25, -0.2) is 4.79 Å². The van der Waals surface area contributed by atoms with Gasteiger partial charge in [-0.15, -0.1) is 0 Å². The molecule has 0 aromatic heterocycles.